The van der Waals surface area contributed by atoms with E-state index in [9.17, 15) is 14.4 Å². The van der Waals surface area contributed by atoms with Crippen molar-refractivity contribution in [2.75, 3.05) is 11.5 Å². The van der Waals surface area contributed by atoms with Gasteiger partial charge < -0.3 is 9.84 Å². The maximum atomic E-state index is 13.1. The van der Waals surface area contributed by atoms with Crippen molar-refractivity contribution in [3.8, 4) is 5.75 Å². The molecule has 2 aromatic rings. The average molecular weight is 445 g/mol. The molecule has 1 aliphatic heterocycles. The fourth-order valence-electron chi connectivity index (χ4n) is 2.79. The zero-order chi connectivity index (χ0) is 22.0. The van der Waals surface area contributed by atoms with Crippen molar-refractivity contribution < 1.29 is 24.2 Å². The highest BCUT2D eigenvalue weighted by atomic mass is 35.5. The van der Waals surface area contributed by atoms with E-state index in [0.717, 1.165) is 11.1 Å². The van der Waals surface area contributed by atoms with Crippen LogP contribution in [0.25, 0.3) is 6.08 Å². The van der Waals surface area contributed by atoms with Crippen LogP contribution in [0.5, 0.6) is 5.75 Å². The number of carbonyl (C=O) groups excluding carboxylic acids is 2. The van der Waals surface area contributed by atoms with Crippen LogP contribution in [0.4, 0.5) is 5.69 Å². The van der Waals surface area contributed by atoms with Crippen LogP contribution in [0.3, 0.4) is 0 Å². The van der Waals surface area contributed by atoms with Crippen molar-refractivity contribution in [2.24, 2.45) is 0 Å². The van der Waals surface area contributed by atoms with Crippen molar-refractivity contribution >= 4 is 58.5 Å². The molecule has 9 heteroatoms. The Balaban J connectivity index is 1.93. The minimum Gasteiger partial charge on any atom is -0.480 e. The number of amides is 2. The Kier molecular flexibility index (Phi) is 6.19. The van der Waals surface area contributed by atoms with Gasteiger partial charge in [-0.15, -0.1) is 0 Å². The Morgan fingerprint density at radius 1 is 1.20 bits per heavy atom. The van der Waals surface area contributed by atoms with Crippen LogP contribution < -0.4 is 15.0 Å². The van der Waals surface area contributed by atoms with Gasteiger partial charge in [0.1, 0.15) is 11.3 Å². The smallest absolute Gasteiger partial charge is 0.341 e. The summed E-state index contributed by atoms with van der Waals surface area (Å²) >= 11 is 11.3. The molecule has 3 rings (SSSR count). The number of nitrogens with one attached hydrogen (secondary N) is 1. The number of carboxylic acid groups (broad SMARTS) is 1. The normalized spacial score (nSPS) is 15.4. The molecule has 0 radical (unpaired) electrons. The van der Waals surface area contributed by atoms with Crippen LogP contribution in [0.15, 0.2) is 42.0 Å². The number of aryl methyl sites for hydroxylation is 2. The van der Waals surface area contributed by atoms with Crippen molar-refractivity contribution in [1.82, 2.24) is 5.32 Å². The maximum absolute atomic E-state index is 13.1. The molecule has 2 amide bonds. The third-order valence-corrected chi connectivity index (χ3v) is 5.05. The predicted octanol–water partition coefficient (Wildman–Crippen LogP) is 3.25. The summed E-state index contributed by atoms with van der Waals surface area (Å²) in [7, 11) is 0. The van der Waals surface area contributed by atoms with Gasteiger partial charge >= 0.3 is 5.97 Å². The summed E-state index contributed by atoms with van der Waals surface area (Å²) in [5.41, 5.74) is 2.95. The molecule has 2 aromatic carbocycles. The summed E-state index contributed by atoms with van der Waals surface area (Å²) in [5.74, 6) is -2.13. The molecule has 1 aliphatic rings. The number of nitrogens with zero attached hydrogens (tertiary/aromatic N) is 1. The molecule has 1 heterocycles. The summed E-state index contributed by atoms with van der Waals surface area (Å²) in [5, 5.41) is 11.4. The number of benzene rings is 2. The van der Waals surface area contributed by atoms with E-state index in [-0.39, 0.29) is 21.5 Å². The maximum Gasteiger partial charge on any atom is 0.341 e. The molecule has 0 spiro atoms. The third-order valence-electron chi connectivity index (χ3n) is 4.47. The Labute approximate surface area is 182 Å². The van der Waals surface area contributed by atoms with Gasteiger partial charge in [-0.05, 0) is 73.1 Å². The minimum absolute atomic E-state index is 0.000791. The molecule has 7 nitrogen and oxygen atoms in total. The lowest BCUT2D eigenvalue weighted by Gasteiger charge is -2.29. The Hall–Kier alpha value is -3.23. The lowest BCUT2D eigenvalue weighted by atomic mass is 10.1. The number of carbonyl (C=O) groups is 3. The zero-order valence-corrected chi connectivity index (χ0v) is 17.6. The number of thiocarbonyl (C=S) groups is 1. The molecule has 1 saturated heterocycles. The molecule has 0 saturated carbocycles. The second kappa shape index (κ2) is 8.64. The molecule has 154 valence electrons. The Bertz CT molecular complexity index is 1110. The van der Waals surface area contributed by atoms with Gasteiger partial charge in [-0.1, -0.05) is 23.7 Å². The SMILES string of the molecule is Cc1ccc(N2C(=O)/C(=C/c3ccc(OCC(=O)O)c(Cl)c3)C(=O)NC2=S)cc1C. The average Bonchev–Trinajstić information content (AvgIpc) is 2.67. The van der Waals surface area contributed by atoms with E-state index in [1.54, 1.807) is 12.1 Å². The number of hydrogen-bond donors (Lipinski definition) is 2. The number of anilines is 1. The van der Waals surface area contributed by atoms with E-state index in [2.05, 4.69) is 5.32 Å². The summed E-state index contributed by atoms with van der Waals surface area (Å²) in [6, 6.07) is 9.95. The molecule has 1 fully saturated rings. The molecule has 2 N–H and O–H groups in total. The number of hydrogen-bond acceptors (Lipinski definition) is 5. The highest BCUT2D eigenvalue weighted by Gasteiger charge is 2.34. The second-order valence-electron chi connectivity index (χ2n) is 6.60. The van der Waals surface area contributed by atoms with Crippen LogP contribution in [0, 0.1) is 13.8 Å². The van der Waals surface area contributed by atoms with Crippen molar-refractivity contribution in [2.45, 2.75) is 13.8 Å². The third kappa shape index (κ3) is 4.50. The van der Waals surface area contributed by atoms with Crippen LogP contribution in [-0.4, -0.2) is 34.6 Å². The van der Waals surface area contributed by atoms with Gasteiger partial charge in [-0.2, -0.15) is 0 Å². The van der Waals surface area contributed by atoms with Crippen LogP contribution in [-0.2, 0) is 14.4 Å². The molecule has 0 aromatic heterocycles. The largest absolute Gasteiger partial charge is 0.480 e. The van der Waals surface area contributed by atoms with Gasteiger partial charge in [0.25, 0.3) is 11.8 Å². The van der Waals surface area contributed by atoms with Gasteiger partial charge in [0.2, 0.25) is 0 Å². The fraction of sp³-hybridized carbons (Fsp3) is 0.143. The molecule has 0 unspecified atom stereocenters. The summed E-state index contributed by atoms with van der Waals surface area (Å²) in [4.78, 5) is 37.4. The number of halogens is 1. The fourth-order valence-corrected chi connectivity index (χ4v) is 3.31. The first kappa shape index (κ1) is 21.5. The topological polar surface area (TPSA) is 95.9 Å². The Morgan fingerprint density at radius 2 is 1.93 bits per heavy atom. The number of aliphatic carboxylic acids is 1. The second-order valence-corrected chi connectivity index (χ2v) is 7.39. The molecule has 30 heavy (non-hydrogen) atoms. The van der Waals surface area contributed by atoms with E-state index >= 15 is 0 Å². The van der Waals surface area contributed by atoms with Gasteiger partial charge in [0.15, 0.2) is 11.7 Å². The number of carboxylic acids is 1. The van der Waals surface area contributed by atoms with Crippen molar-refractivity contribution in [3.05, 3.63) is 63.7 Å². The molecule has 0 bridgehead atoms. The molecule has 0 aliphatic carbocycles. The van der Waals surface area contributed by atoms with E-state index < -0.39 is 24.4 Å². The highest BCUT2D eigenvalue weighted by Crippen LogP contribution is 2.28. The predicted molar refractivity (Wildman–Crippen MR) is 117 cm³/mol. The van der Waals surface area contributed by atoms with Crippen molar-refractivity contribution in [3.63, 3.8) is 0 Å². The van der Waals surface area contributed by atoms with Gasteiger partial charge in [0.05, 0.1) is 10.7 Å². The zero-order valence-electron chi connectivity index (χ0n) is 16.1. The molecular formula is C21H17ClN2O5S. The van der Waals surface area contributed by atoms with E-state index in [0.29, 0.717) is 11.3 Å². The monoisotopic (exact) mass is 444 g/mol. The van der Waals surface area contributed by atoms with E-state index in [4.69, 9.17) is 33.7 Å². The quantitative estimate of drug-likeness (QED) is 0.417. The van der Waals surface area contributed by atoms with Crippen molar-refractivity contribution in [1.29, 1.82) is 0 Å². The van der Waals surface area contributed by atoms with E-state index in [1.165, 1.54) is 23.1 Å². The number of ether oxygens (including phenoxy) is 1. The van der Waals surface area contributed by atoms with Crippen LogP contribution >= 0.6 is 23.8 Å². The van der Waals surface area contributed by atoms with Gasteiger partial charge in [0, 0.05) is 0 Å². The van der Waals surface area contributed by atoms with Gasteiger partial charge in [-0.3, -0.25) is 19.8 Å². The summed E-state index contributed by atoms with van der Waals surface area (Å²) in [6.45, 7) is 3.33. The molecule has 0 atom stereocenters. The van der Waals surface area contributed by atoms with Gasteiger partial charge in [-0.25, -0.2) is 4.79 Å². The standard InChI is InChI=1S/C21H17ClN2O5S/c1-11-3-5-14(7-12(11)2)24-20(28)15(19(27)23-21(24)30)8-13-4-6-17(16(22)9-13)29-10-18(25)26/h3-9H,10H2,1-2H3,(H,25,26)(H,23,27,30)/b15-8+. The Morgan fingerprint density at radius 3 is 2.57 bits per heavy atom. The summed E-state index contributed by atoms with van der Waals surface area (Å²) in [6.07, 6.45) is 1.39. The van der Waals surface area contributed by atoms with E-state index in [1.807, 2.05) is 26.0 Å². The lowest BCUT2D eigenvalue weighted by Crippen LogP contribution is -2.54. The minimum atomic E-state index is -1.14. The lowest BCUT2D eigenvalue weighted by molar-refractivity contribution is -0.139. The summed E-state index contributed by atoms with van der Waals surface area (Å²) < 4.78 is 5.07. The number of rotatable bonds is 5. The first-order valence-corrected chi connectivity index (χ1v) is 9.59. The first-order valence-electron chi connectivity index (χ1n) is 8.80. The van der Waals surface area contributed by atoms with Crippen LogP contribution in [0.2, 0.25) is 5.02 Å². The first-order chi connectivity index (χ1) is 14.2. The van der Waals surface area contributed by atoms with Crippen LogP contribution in [0.1, 0.15) is 16.7 Å². The molecular weight excluding hydrogens is 428 g/mol. The highest BCUT2D eigenvalue weighted by molar-refractivity contribution is 7.80.